The molecule has 25 heavy (non-hydrogen) atoms. The Morgan fingerprint density at radius 1 is 1.28 bits per heavy atom. The monoisotopic (exact) mass is 385 g/mol. The molecule has 1 saturated heterocycles. The van der Waals surface area contributed by atoms with Crippen LogP contribution < -0.4 is 11.1 Å². The van der Waals surface area contributed by atoms with E-state index in [1.807, 2.05) is 0 Å². The number of carbonyl (C=O) groups excluding carboxylic acids is 2. The molecule has 7 heteroatoms. The Labute approximate surface area is 159 Å². The second-order valence-electron chi connectivity index (χ2n) is 6.67. The van der Waals surface area contributed by atoms with Crippen molar-refractivity contribution in [3.05, 3.63) is 34.9 Å². The summed E-state index contributed by atoms with van der Waals surface area (Å²) in [4.78, 5) is 27.5. The summed E-state index contributed by atoms with van der Waals surface area (Å²) < 4.78 is 0. The zero-order valence-corrected chi connectivity index (χ0v) is 15.7. The van der Waals surface area contributed by atoms with Crippen molar-refractivity contribution in [1.29, 1.82) is 0 Å². The van der Waals surface area contributed by atoms with E-state index >= 15 is 0 Å². The van der Waals surface area contributed by atoms with Gasteiger partial charge < -0.3 is 16.0 Å². The maximum absolute atomic E-state index is 13.1. The average Bonchev–Trinajstić information content (AvgIpc) is 2.98. The van der Waals surface area contributed by atoms with E-state index in [9.17, 15) is 9.59 Å². The van der Waals surface area contributed by atoms with Crippen LogP contribution in [0.25, 0.3) is 0 Å². The topological polar surface area (TPSA) is 75.4 Å². The lowest BCUT2D eigenvalue weighted by Gasteiger charge is -2.33. The molecular formula is C18H25Cl2N3O2. The lowest BCUT2D eigenvalue weighted by molar-refractivity contribution is -0.125. The van der Waals surface area contributed by atoms with Gasteiger partial charge in [-0.05, 0) is 43.4 Å². The minimum Gasteiger partial charge on any atom is -0.353 e. The number of likely N-dealkylation sites (tertiary alicyclic amines) is 1. The van der Waals surface area contributed by atoms with Gasteiger partial charge in [-0.3, -0.25) is 9.59 Å². The molecule has 0 aromatic heterocycles. The van der Waals surface area contributed by atoms with Crippen LogP contribution in [0.15, 0.2) is 24.3 Å². The highest BCUT2D eigenvalue weighted by molar-refractivity contribution is 6.31. The van der Waals surface area contributed by atoms with E-state index in [0.29, 0.717) is 29.6 Å². The third-order valence-corrected chi connectivity index (χ3v) is 5.38. The molecule has 0 bridgehead atoms. The van der Waals surface area contributed by atoms with E-state index in [1.54, 1.807) is 29.2 Å². The fourth-order valence-electron chi connectivity index (χ4n) is 4.07. The summed E-state index contributed by atoms with van der Waals surface area (Å²) >= 11 is 6.04. The van der Waals surface area contributed by atoms with Crippen LogP contribution in [0.2, 0.25) is 5.02 Å². The molecule has 1 aliphatic carbocycles. The van der Waals surface area contributed by atoms with E-state index in [1.165, 1.54) is 6.42 Å². The average molecular weight is 386 g/mol. The molecule has 3 atom stereocenters. The third-order valence-electron chi connectivity index (χ3n) is 5.14. The van der Waals surface area contributed by atoms with Crippen LogP contribution in [0.3, 0.4) is 0 Å². The lowest BCUT2D eigenvalue weighted by atomic mass is 9.84. The van der Waals surface area contributed by atoms with Gasteiger partial charge in [0.25, 0.3) is 5.91 Å². The summed E-state index contributed by atoms with van der Waals surface area (Å²) in [7, 11) is 0. The summed E-state index contributed by atoms with van der Waals surface area (Å²) in [5.41, 5.74) is 6.03. The minimum absolute atomic E-state index is 0. The van der Waals surface area contributed by atoms with E-state index in [4.69, 9.17) is 17.3 Å². The predicted molar refractivity (Wildman–Crippen MR) is 101 cm³/mol. The molecule has 3 N–H and O–H groups in total. The van der Waals surface area contributed by atoms with Crippen molar-refractivity contribution in [3.63, 3.8) is 0 Å². The van der Waals surface area contributed by atoms with Crippen molar-refractivity contribution in [1.82, 2.24) is 10.2 Å². The molecule has 0 radical (unpaired) electrons. The molecule has 2 amide bonds. The van der Waals surface area contributed by atoms with E-state index in [2.05, 4.69) is 5.32 Å². The third kappa shape index (κ3) is 4.27. The Morgan fingerprint density at radius 2 is 2.04 bits per heavy atom. The van der Waals surface area contributed by atoms with E-state index in [-0.39, 0.29) is 30.3 Å². The molecule has 138 valence electrons. The summed E-state index contributed by atoms with van der Waals surface area (Å²) in [5, 5.41) is 3.38. The fourth-order valence-corrected chi connectivity index (χ4v) is 4.26. The maximum Gasteiger partial charge on any atom is 0.254 e. The van der Waals surface area contributed by atoms with Gasteiger partial charge in [-0.2, -0.15) is 0 Å². The number of amides is 2. The normalized spacial score (nSPS) is 25.0. The van der Waals surface area contributed by atoms with Crippen LogP contribution in [0, 0.1) is 5.92 Å². The Bertz CT molecular complexity index is 626. The predicted octanol–water partition coefficient (Wildman–Crippen LogP) is 2.61. The highest BCUT2D eigenvalue weighted by atomic mass is 35.5. The number of benzene rings is 1. The Hall–Kier alpha value is -1.30. The Kier molecular flexibility index (Phi) is 7.11. The zero-order chi connectivity index (χ0) is 17.1. The molecule has 2 fully saturated rings. The van der Waals surface area contributed by atoms with Crippen LogP contribution in [-0.2, 0) is 4.79 Å². The van der Waals surface area contributed by atoms with E-state index in [0.717, 1.165) is 25.7 Å². The Morgan fingerprint density at radius 3 is 2.76 bits per heavy atom. The van der Waals surface area contributed by atoms with Gasteiger partial charge in [-0.15, -0.1) is 12.4 Å². The quantitative estimate of drug-likeness (QED) is 0.835. The molecule has 1 aromatic carbocycles. The first-order valence-corrected chi connectivity index (χ1v) is 9.05. The number of fused-ring (bicyclic) bond motifs is 1. The second kappa shape index (κ2) is 8.88. The smallest absolute Gasteiger partial charge is 0.254 e. The van der Waals surface area contributed by atoms with Crippen molar-refractivity contribution in [2.45, 2.75) is 44.2 Å². The first kappa shape index (κ1) is 20.0. The van der Waals surface area contributed by atoms with Crippen LogP contribution >= 0.6 is 24.0 Å². The van der Waals surface area contributed by atoms with Crippen molar-refractivity contribution in [2.75, 3.05) is 13.1 Å². The number of halogens is 2. The summed E-state index contributed by atoms with van der Waals surface area (Å²) in [6.45, 7) is 0.831. The maximum atomic E-state index is 13.1. The number of rotatable bonds is 4. The van der Waals surface area contributed by atoms with Crippen LogP contribution in [0.1, 0.15) is 42.5 Å². The molecule has 1 aliphatic heterocycles. The summed E-state index contributed by atoms with van der Waals surface area (Å²) in [6.07, 6.45) is 5.09. The molecule has 3 unspecified atom stereocenters. The highest BCUT2D eigenvalue weighted by Crippen LogP contribution is 2.40. The molecular weight excluding hydrogens is 361 g/mol. The lowest BCUT2D eigenvalue weighted by Crippen LogP contribution is -2.50. The van der Waals surface area contributed by atoms with Gasteiger partial charge in [0, 0.05) is 29.7 Å². The second-order valence-corrected chi connectivity index (χ2v) is 7.10. The number of hydrogen-bond acceptors (Lipinski definition) is 3. The van der Waals surface area contributed by atoms with E-state index < -0.39 is 6.04 Å². The number of nitrogens with zero attached hydrogens (tertiary/aromatic N) is 1. The highest BCUT2D eigenvalue weighted by Gasteiger charge is 2.47. The van der Waals surface area contributed by atoms with Gasteiger partial charge in [0.15, 0.2) is 0 Å². The van der Waals surface area contributed by atoms with Crippen LogP contribution in [0.4, 0.5) is 0 Å². The van der Waals surface area contributed by atoms with Gasteiger partial charge in [0.2, 0.25) is 5.91 Å². The van der Waals surface area contributed by atoms with Gasteiger partial charge in [0.1, 0.15) is 6.04 Å². The SMILES string of the molecule is Cl.NCCNC(=O)C1CC2CCCCC2N1C(=O)c1cccc(Cl)c1. The Balaban J connectivity index is 0.00000225. The van der Waals surface area contributed by atoms with Crippen molar-refractivity contribution in [2.24, 2.45) is 11.7 Å². The molecule has 3 rings (SSSR count). The molecule has 1 saturated carbocycles. The van der Waals surface area contributed by atoms with Gasteiger partial charge in [0.05, 0.1) is 0 Å². The molecule has 0 spiro atoms. The number of hydrogen-bond donors (Lipinski definition) is 2. The van der Waals surface area contributed by atoms with Gasteiger partial charge in [-0.1, -0.05) is 30.5 Å². The summed E-state index contributed by atoms with van der Waals surface area (Å²) in [6, 6.07) is 6.70. The molecule has 5 nitrogen and oxygen atoms in total. The van der Waals surface area contributed by atoms with Crippen LogP contribution in [0.5, 0.6) is 0 Å². The van der Waals surface area contributed by atoms with Crippen molar-refractivity contribution in [3.8, 4) is 0 Å². The van der Waals surface area contributed by atoms with Gasteiger partial charge >= 0.3 is 0 Å². The largest absolute Gasteiger partial charge is 0.353 e. The summed E-state index contributed by atoms with van der Waals surface area (Å²) in [5.74, 6) is 0.223. The minimum atomic E-state index is -0.406. The first-order valence-electron chi connectivity index (χ1n) is 8.68. The molecule has 1 aromatic rings. The van der Waals surface area contributed by atoms with Gasteiger partial charge in [-0.25, -0.2) is 0 Å². The first-order chi connectivity index (χ1) is 11.6. The van der Waals surface area contributed by atoms with Crippen LogP contribution in [-0.4, -0.2) is 41.9 Å². The van der Waals surface area contributed by atoms with Crippen molar-refractivity contribution < 1.29 is 9.59 Å². The molecule has 2 aliphatic rings. The number of nitrogens with two attached hydrogens (primary N) is 1. The molecule has 1 heterocycles. The van der Waals surface area contributed by atoms with Crippen molar-refractivity contribution >= 4 is 35.8 Å². The standard InChI is InChI=1S/C18H24ClN3O2.ClH/c19-14-6-3-5-13(10-14)18(24)22-15-7-2-1-4-12(15)11-16(22)17(23)21-9-8-20;/h3,5-6,10,12,15-16H,1-2,4,7-9,11,20H2,(H,21,23);1H. The zero-order valence-electron chi connectivity index (χ0n) is 14.1. The fraction of sp³-hybridized carbons (Fsp3) is 0.556. The number of nitrogens with one attached hydrogen (secondary N) is 1. The number of carbonyl (C=O) groups is 2.